The van der Waals surface area contributed by atoms with Gasteiger partial charge >= 0.3 is 0 Å². The van der Waals surface area contributed by atoms with Crippen molar-refractivity contribution in [2.45, 2.75) is 20.3 Å². The Kier molecular flexibility index (Phi) is 6.42. The van der Waals surface area contributed by atoms with Gasteiger partial charge in [0.1, 0.15) is 12.6 Å². The Hall–Kier alpha value is -1.44. The zero-order valence-electron chi connectivity index (χ0n) is 7.99. The van der Waals surface area contributed by atoms with Crippen LogP contribution < -0.4 is 0 Å². The highest BCUT2D eigenvalue weighted by Crippen LogP contribution is 2.01. The van der Waals surface area contributed by atoms with Crippen molar-refractivity contribution < 1.29 is 9.59 Å². The summed E-state index contributed by atoms with van der Waals surface area (Å²) in [6, 6.07) is 7.98. The van der Waals surface area contributed by atoms with Crippen molar-refractivity contribution >= 4 is 12.6 Å². The van der Waals surface area contributed by atoms with E-state index in [1.165, 1.54) is 12.5 Å². The third-order valence-electron chi connectivity index (χ3n) is 1.44. The van der Waals surface area contributed by atoms with Gasteiger partial charge in [0, 0.05) is 6.42 Å². The van der Waals surface area contributed by atoms with Gasteiger partial charge < -0.3 is 9.59 Å². The standard InChI is InChI=1S/C9H10O.C2H4O/c1-8-2-4-9(5-3-8)6-7-10;1-2-3/h2-5,7H,6H2,1H3;2H,1H3. The summed E-state index contributed by atoms with van der Waals surface area (Å²) in [5, 5.41) is 0. The van der Waals surface area contributed by atoms with Crippen LogP contribution in [0.1, 0.15) is 18.1 Å². The van der Waals surface area contributed by atoms with Gasteiger partial charge in [-0.25, -0.2) is 0 Å². The van der Waals surface area contributed by atoms with E-state index >= 15 is 0 Å². The zero-order valence-corrected chi connectivity index (χ0v) is 7.99. The molecule has 70 valence electrons. The Morgan fingerprint density at radius 2 is 1.62 bits per heavy atom. The van der Waals surface area contributed by atoms with E-state index in [1.807, 2.05) is 31.2 Å². The molecular formula is C11H14O2. The fraction of sp³-hybridized carbons (Fsp3) is 0.273. The highest BCUT2D eigenvalue weighted by molar-refractivity contribution is 5.54. The number of hydrogen-bond donors (Lipinski definition) is 0. The number of hydrogen-bond acceptors (Lipinski definition) is 2. The maximum Gasteiger partial charge on any atom is 0.124 e. The maximum absolute atomic E-state index is 10.1. The van der Waals surface area contributed by atoms with Crippen molar-refractivity contribution in [2.24, 2.45) is 0 Å². The van der Waals surface area contributed by atoms with Gasteiger partial charge in [0.05, 0.1) is 0 Å². The van der Waals surface area contributed by atoms with E-state index in [0.717, 1.165) is 18.1 Å². The van der Waals surface area contributed by atoms with Crippen molar-refractivity contribution in [3.63, 3.8) is 0 Å². The first-order valence-corrected chi connectivity index (χ1v) is 4.13. The molecular weight excluding hydrogens is 164 g/mol. The molecule has 0 unspecified atom stereocenters. The molecule has 0 radical (unpaired) electrons. The number of rotatable bonds is 2. The normalized spacial score (nSPS) is 8.15. The van der Waals surface area contributed by atoms with Crippen LogP contribution in [0.3, 0.4) is 0 Å². The summed E-state index contributed by atoms with van der Waals surface area (Å²) in [5.74, 6) is 0. The molecule has 2 heteroatoms. The largest absolute Gasteiger partial charge is 0.304 e. The lowest BCUT2D eigenvalue weighted by Gasteiger charge is -1.93. The van der Waals surface area contributed by atoms with E-state index in [4.69, 9.17) is 4.79 Å². The van der Waals surface area contributed by atoms with Crippen LogP contribution in [0, 0.1) is 6.92 Å². The minimum absolute atomic E-state index is 0.528. The summed E-state index contributed by atoms with van der Waals surface area (Å²) in [6.07, 6.45) is 2.20. The second-order valence-corrected chi connectivity index (χ2v) is 2.59. The van der Waals surface area contributed by atoms with Crippen LogP contribution in [0.5, 0.6) is 0 Å². The van der Waals surface area contributed by atoms with E-state index in [9.17, 15) is 4.79 Å². The number of aryl methyl sites for hydroxylation is 1. The maximum atomic E-state index is 10.1. The molecule has 0 spiro atoms. The summed E-state index contributed by atoms with van der Waals surface area (Å²) in [6.45, 7) is 3.48. The molecule has 0 amide bonds. The topological polar surface area (TPSA) is 34.1 Å². The minimum Gasteiger partial charge on any atom is -0.304 e. The molecule has 0 heterocycles. The van der Waals surface area contributed by atoms with Crippen molar-refractivity contribution in [1.82, 2.24) is 0 Å². The predicted octanol–water partition coefficient (Wildman–Crippen LogP) is 1.94. The monoisotopic (exact) mass is 178 g/mol. The first-order chi connectivity index (χ1) is 6.24. The third-order valence-corrected chi connectivity index (χ3v) is 1.44. The molecule has 0 atom stereocenters. The molecule has 0 N–H and O–H groups in total. The lowest BCUT2D eigenvalue weighted by atomic mass is 10.1. The Morgan fingerprint density at radius 3 is 2.00 bits per heavy atom. The lowest BCUT2D eigenvalue weighted by Crippen LogP contribution is -1.84. The van der Waals surface area contributed by atoms with Gasteiger partial charge in [-0.15, -0.1) is 0 Å². The Balaban J connectivity index is 0.000000424. The summed E-state index contributed by atoms with van der Waals surface area (Å²) in [5.41, 5.74) is 2.32. The first-order valence-electron chi connectivity index (χ1n) is 4.13. The van der Waals surface area contributed by atoms with Crippen LogP contribution in [-0.4, -0.2) is 12.6 Å². The van der Waals surface area contributed by atoms with Crippen molar-refractivity contribution in [3.05, 3.63) is 35.4 Å². The van der Waals surface area contributed by atoms with Gasteiger partial charge in [-0.3, -0.25) is 0 Å². The summed E-state index contributed by atoms with van der Waals surface area (Å²) in [4.78, 5) is 18.9. The van der Waals surface area contributed by atoms with E-state index in [2.05, 4.69) is 0 Å². The third kappa shape index (κ3) is 5.79. The molecule has 0 aliphatic carbocycles. The van der Waals surface area contributed by atoms with Crippen LogP contribution in [0.4, 0.5) is 0 Å². The van der Waals surface area contributed by atoms with Gasteiger partial charge in [-0.2, -0.15) is 0 Å². The quantitative estimate of drug-likeness (QED) is 0.648. The average Bonchev–Trinajstić information content (AvgIpc) is 2.11. The Morgan fingerprint density at radius 1 is 1.15 bits per heavy atom. The van der Waals surface area contributed by atoms with E-state index in [0.29, 0.717) is 6.42 Å². The molecule has 0 aliphatic heterocycles. The van der Waals surface area contributed by atoms with Crippen LogP contribution >= 0.6 is 0 Å². The Bertz CT molecular complexity index is 249. The van der Waals surface area contributed by atoms with Gasteiger partial charge in [-0.05, 0) is 19.4 Å². The highest BCUT2D eigenvalue weighted by atomic mass is 16.1. The van der Waals surface area contributed by atoms with Crippen molar-refractivity contribution in [2.75, 3.05) is 0 Å². The van der Waals surface area contributed by atoms with Gasteiger partial charge in [0.2, 0.25) is 0 Å². The average molecular weight is 178 g/mol. The molecule has 1 aromatic rings. The Labute approximate surface area is 78.6 Å². The van der Waals surface area contributed by atoms with Crippen molar-refractivity contribution in [3.8, 4) is 0 Å². The first kappa shape index (κ1) is 11.6. The molecule has 2 nitrogen and oxygen atoms in total. The fourth-order valence-corrected chi connectivity index (χ4v) is 0.820. The number of benzene rings is 1. The molecule has 0 saturated carbocycles. The number of carbonyl (C=O) groups is 2. The SMILES string of the molecule is CC=O.Cc1ccc(CC=O)cc1. The predicted molar refractivity (Wildman–Crippen MR) is 52.7 cm³/mol. The molecule has 13 heavy (non-hydrogen) atoms. The smallest absolute Gasteiger partial charge is 0.124 e. The fourth-order valence-electron chi connectivity index (χ4n) is 0.820. The molecule has 0 bridgehead atoms. The second-order valence-electron chi connectivity index (χ2n) is 2.59. The molecule has 0 aliphatic rings. The van der Waals surface area contributed by atoms with Crippen LogP contribution in [0.25, 0.3) is 0 Å². The molecule has 0 aromatic heterocycles. The molecule has 0 saturated heterocycles. The lowest BCUT2D eigenvalue weighted by molar-refractivity contribution is -0.107. The zero-order chi connectivity index (χ0) is 10.1. The van der Waals surface area contributed by atoms with E-state index in [1.54, 1.807) is 0 Å². The minimum atomic E-state index is 0.528. The molecule has 0 fully saturated rings. The van der Waals surface area contributed by atoms with Gasteiger partial charge in [0.25, 0.3) is 0 Å². The molecule has 1 rings (SSSR count). The number of carbonyl (C=O) groups excluding carboxylic acids is 2. The van der Waals surface area contributed by atoms with E-state index < -0.39 is 0 Å². The summed E-state index contributed by atoms with van der Waals surface area (Å²) >= 11 is 0. The number of aldehydes is 2. The van der Waals surface area contributed by atoms with Crippen LogP contribution in [-0.2, 0) is 16.0 Å². The van der Waals surface area contributed by atoms with Gasteiger partial charge in [-0.1, -0.05) is 29.8 Å². The van der Waals surface area contributed by atoms with Crippen LogP contribution in [0.2, 0.25) is 0 Å². The summed E-state index contributed by atoms with van der Waals surface area (Å²) < 4.78 is 0. The van der Waals surface area contributed by atoms with Crippen molar-refractivity contribution in [1.29, 1.82) is 0 Å². The second kappa shape index (κ2) is 7.22. The van der Waals surface area contributed by atoms with Gasteiger partial charge in [0.15, 0.2) is 0 Å². The summed E-state index contributed by atoms with van der Waals surface area (Å²) in [7, 11) is 0. The molecule has 1 aromatic carbocycles. The van der Waals surface area contributed by atoms with Crippen LogP contribution in [0.15, 0.2) is 24.3 Å². The van der Waals surface area contributed by atoms with E-state index in [-0.39, 0.29) is 0 Å². The highest BCUT2D eigenvalue weighted by Gasteiger charge is 1.88.